The molecule has 1 saturated carbocycles. The number of aromatic amines is 1. The molecule has 1 aliphatic heterocycles. The predicted octanol–water partition coefficient (Wildman–Crippen LogP) is 2.85. The molecule has 2 aliphatic rings. The maximum atomic E-state index is 12.7. The van der Waals surface area contributed by atoms with Crippen molar-refractivity contribution in [1.29, 1.82) is 0 Å². The summed E-state index contributed by atoms with van der Waals surface area (Å²) >= 11 is 6.42. The van der Waals surface area contributed by atoms with E-state index >= 15 is 0 Å². The van der Waals surface area contributed by atoms with Crippen molar-refractivity contribution in [3.8, 4) is 0 Å². The van der Waals surface area contributed by atoms with E-state index in [1.807, 2.05) is 11.6 Å². The first-order valence-corrected chi connectivity index (χ1v) is 9.18. The number of amides is 1. The monoisotopic (exact) mass is 363 g/mol. The van der Waals surface area contributed by atoms with E-state index in [1.165, 1.54) is 6.42 Å². The van der Waals surface area contributed by atoms with Gasteiger partial charge < -0.3 is 5.32 Å². The average molecular weight is 364 g/mol. The van der Waals surface area contributed by atoms with Gasteiger partial charge in [-0.1, -0.05) is 30.9 Å². The van der Waals surface area contributed by atoms with E-state index in [0.29, 0.717) is 16.5 Å². The minimum atomic E-state index is -0.362. The molecule has 0 bridgehead atoms. The fourth-order valence-electron chi connectivity index (χ4n) is 4.29. The van der Waals surface area contributed by atoms with Crippen LogP contribution in [0.25, 0.3) is 0 Å². The summed E-state index contributed by atoms with van der Waals surface area (Å²) in [6.07, 6.45) is 5.75. The van der Waals surface area contributed by atoms with Gasteiger partial charge in [-0.25, -0.2) is 0 Å². The van der Waals surface area contributed by atoms with Gasteiger partial charge in [-0.15, -0.1) is 0 Å². The van der Waals surface area contributed by atoms with Crippen molar-refractivity contribution in [1.82, 2.24) is 19.6 Å². The Balaban J connectivity index is 1.85. The molecule has 1 fully saturated rings. The highest BCUT2D eigenvalue weighted by Gasteiger charge is 2.37. The summed E-state index contributed by atoms with van der Waals surface area (Å²) in [6, 6.07) is 0.231. The molecule has 1 amide bonds. The number of carbonyl (C=O) groups is 1. The Morgan fingerprint density at radius 2 is 1.88 bits per heavy atom. The SMILES string of the molecule is Cc1nn(C)c(Cl)c1C1CC(=O)Nc2c1c(=O)[nH]n2C1CCCCC1. The van der Waals surface area contributed by atoms with Crippen LogP contribution in [0.15, 0.2) is 4.79 Å². The number of hydrogen-bond acceptors (Lipinski definition) is 3. The first-order valence-electron chi connectivity index (χ1n) is 8.80. The summed E-state index contributed by atoms with van der Waals surface area (Å²) in [5.74, 6) is 0.149. The standard InChI is InChI=1S/C17H22ClN5O2/c1-9-13(15(18)22(2)20-9)11-8-12(24)19-16-14(11)17(25)21-23(16)10-6-4-3-5-7-10/h10-11H,3-8H2,1-2H3,(H,19,24)(H,21,25). The van der Waals surface area contributed by atoms with E-state index in [1.54, 1.807) is 11.7 Å². The molecule has 2 aromatic rings. The molecule has 0 spiro atoms. The second-order valence-corrected chi connectivity index (χ2v) is 7.44. The van der Waals surface area contributed by atoms with Crippen molar-refractivity contribution in [2.24, 2.45) is 7.05 Å². The fourth-order valence-corrected chi connectivity index (χ4v) is 4.59. The van der Waals surface area contributed by atoms with Crippen molar-refractivity contribution in [2.45, 2.75) is 57.4 Å². The number of aryl methyl sites for hydroxylation is 2. The Bertz CT molecular complexity index is 888. The number of aromatic nitrogens is 4. The quantitative estimate of drug-likeness (QED) is 0.860. The van der Waals surface area contributed by atoms with Gasteiger partial charge in [0.15, 0.2) is 0 Å². The molecule has 25 heavy (non-hydrogen) atoms. The van der Waals surface area contributed by atoms with Crippen LogP contribution >= 0.6 is 11.6 Å². The topological polar surface area (TPSA) is 84.7 Å². The van der Waals surface area contributed by atoms with Crippen LogP contribution in [0.3, 0.4) is 0 Å². The zero-order valence-corrected chi connectivity index (χ0v) is 15.2. The van der Waals surface area contributed by atoms with Gasteiger partial charge in [0, 0.05) is 24.9 Å². The first-order chi connectivity index (χ1) is 12.0. The molecule has 3 heterocycles. The lowest BCUT2D eigenvalue weighted by molar-refractivity contribution is -0.116. The zero-order valence-electron chi connectivity index (χ0n) is 14.4. The number of rotatable bonds is 2. The highest BCUT2D eigenvalue weighted by Crippen LogP contribution is 2.41. The Hall–Kier alpha value is -2.02. The van der Waals surface area contributed by atoms with Crippen LogP contribution in [-0.2, 0) is 11.8 Å². The minimum Gasteiger partial charge on any atom is -0.311 e. The van der Waals surface area contributed by atoms with Crippen LogP contribution < -0.4 is 10.9 Å². The maximum Gasteiger partial charge on any atom is 0.270 e. The van der Waals surface area contributed by atoms with Gasteiger partial charge in [-0.2, -0.15) is 5.10 Å². The molecule has 2 aromatic heterocycles. The summed E-state index contributed by atoms with van der Waals surface area (Å²) in [5.41, 5.74) is 1.98. The van der Waals surface area contributed by atoms with Crippen LogP contribution in [-0.4, -0.2) is 25.5 Å². The molecular weight excluding hydrogens is 342 g/mol. The number of hydrogen-bond donors (Lipinski definition) is 2. The van der Waals surface area contributed by atoms with Crippen LogP contribution in [0.1, 0.15) is 67.3 Å². The Labute approximate surface area is 150 Å². The van der Waals surface area contributed by atoms with Gasteiger partial charge >= 0.3 is 0 Å². The van der Waals surface area contributed by atoms with E-state index < -0.39 is 0 Å². The Kier molecular flexibility index (Phi) is 3.98. The summed E-state index contributed by atoms with van der Waals surface area (Å²) in [6.45, 7) is 1.86. The highest BCUT2D eigenvalue weighted by molar-refractivity contribution is 6.30. The van der Waals surface area contributed by atoms with E-state index in [4.69, 9.17) is 11.6 Å². The second-order valence-electron chi connectivity index (χ2n) is 7.08. The summed E-state index contributed by atoms with van der Waals surface area (Å²) in [5, 5.41) is 10.7. The van der Waals surface area contributed by atoms with Gasteiger partial charge in [0.05, 0.1) is 17.3 Å². The molecule has 1 aliphatic carbocycles. The lowest BCUT2D eigenvalue weighted by atomic mass is 9.87. The number of anilines is 1. The van der Waals surface area contributed by atoms with Crippen molar-refractivity contribution >= 4 is 23.3 Å². The molecule has 134 valence electrons. The highest BCUT2D eigenvalue weighted by atomic mass is 35.5. The molecule has 0 saturated heterocycles. The van der Waals surface area contributed by atoms with Gasteiger partial charge in [0.25, 0.3) is 5.56 Å². The van der Waals surface area contributed by atoms with Crippen LogP contribution in [0.5, 0.6) is 0 Å². The number of carbonyl (C=O) groups excluding carboxylic acids is 1. The number of halogens is 1. The van der Waals surface area contributed by atoms with Crippen molar-refractivity contribution in [3.63, 3.8) is 0 Å². The van der Waals surface area contributed by atoms with Crippen molar-refractivity contribution < 1.29 is 4.79 Å². The Morgan fingerprint density at radius 3 is 2.52 bits per heavy atom. The predicted molar refractivity (Wildman–Crippen MR) is 95.2 cm³/mol. The number of nitrogens with one attached hydrogen (secondary N) is 2. The van der Waals surface area contributed by atoms with Crippen LogP contribution in [0.4, 0.5) is 5.82 Å². The second kappa shape index (κ2) is 6.05. The fraction of sp³-hybridized carbons (Fsp3) is 0.588. The molecule has 1 atom stereocenters. The molecule has 0 radical (unpaired) electrons. The maximum absolute atomic E-state index is 12.7. The molecule has 0 aromatic carbocycles. The third-order valence-electron chi connectivity index (χ3n) is 5.44. The molecule has 1 unspecified atom stereocenters. The normalized spacial score (nSPS) is 21.2. The lowest BCUT2D eigenvalue weighted by Crippen LogP contribution is -2.28. The van der Waals surface area contributed by atoms with Gasteiger partial charge in [-0.3, -0.25) is 24.1 Å². The summed E-state index contributed by atoms with van der Waals surface area (Å²) in [7, 11) is 1.76. The number of nitrogens with zero attached hydrogens (tertiary/aromatic N) is 3. The van der Waals surface area contributed by atoms with E-state index in [0.717, 1.165) is 36.9 Å². The van der Waals surface area contributed by atoms with E-state index in [-0.39, 0.29) is 29.8 Å². The van der Waals surface area contributed by atoms with Crippen LogP contribution in [0, 0.1) is 6.92 Å². The molecule has 8 heteroatoms. The summed E-state index contributed by atoms with van der Waals surface area (Å²) < 4.78 is 3.46. The third-order valence-corrected chi connectivity index (χ3v) is 5.89. The molecular formula is C17H22ClN5O2. The number of H-pyrrole nitrogens is 1. The van der Waals surface area contributed by atoms with E-state index in [9.17, 15) is 9.59 Å². The average Bonchev–Trinajstić information content (AvgIpc) is 3.04. The first kappa shape index (κ1) is 16.4. The van der Waals surface area contributed by atoms with Gasteiger partial charge in [-0.05, 0) is 19.8 Å². The van der Waals surface area contributed by atoms with Crippen molar-refractivity contribution in [2.75, 3.05) is 5.32 Å². The number of fused-ring (bicyclic) bond motifs is 1. The van der Waals surface area contributed by atoms with Gasteiger partial charge in [0.1, 0.15) is 11.0 Å². The van der Waals surface area contributed by atoms with Crippen molar-refractivity contribution in [3.05, 3.63) is 32.3 Å². The molecule has 2 N–H and O–H groups in total. The molecule has 7 nitrogen and oxygen atoms in total. The summed E-state index contributed by atoms with van der Waals surface area (Å²) in [4.78, 5) is 25.1. The van der Waals surface area contributed by atoms with Crippen LogP contribution in [0.2, 0.25) is 5.15 Å². The Morgan fingerprint density at radius 1 is 1.16 bits per heavy atom. The minimum absolute atomic E-state index is 0.0969. The van der Waals surface area contributed by atoms with E-state index in [2.05, 4.69) is 15.5 Å². The smallest absolute Gasteiger partial charge is 0.270 e. The lowest BCUT2D eigenvalue weighted by Gasteiger charge is -2.28. The third kappa shape index (κ3) is 2.61. The molecule has 4 rings (SSSR count). The largest absolute Gasteiger partial charge is 0.311 e. The van der Waals surface area contributed by atoms with Gasteiger partial charge in [0.2, 0.25) is 5.91 Å². The zero-order chi connectivity index (χ0) is 17.7.